The van der Waals surface area contributed by atoms with Crippen molar-refractivity contribution in [3.8, 4) is 0 Å². The van der Waals surface area contributed by atoms with E-state index in [-0.39, 0.29) is 6.61 Å². The molecule has 0 aromatic rings. The van der Waals surface area contributed by atoms with Crippen LogP contribution in [0.25, 0.3) is 0 Å². The van der Waals surface area contributed by atoms with E-state index in [0.717, 1.165) is 18.4 Å². The molecule has 1 N–H and O–H groups in total. The number of hydrogen-bond acceptors (Lipinski definition) is 1. The van der Waals surface area contributed by atoms with Crippen molar-refractivity contribution in [2.75, 3.05) is 6.61 Å². The summed E-state index contributed by atoms with van der Waals surface area (Å²) < 4.78 is 0. The zero-order valence-electron chi connectivity index (χ0n) is 5.93. The van der Waals surface area contributed by atoms with Gasteiger partial charge in [0.05, 0.1) is 6.61 Å². The summed E-state index contributed by atoms with van der Waals surface area (Å²) in [7, 11) is 0. The first kappa shape index (κ1) is 8.44. The summed E-state index contributed by atoms with van der Waals surface area (Å²) in [4.78, 5) is 0. The minimum absolute atomic E-state index is 0.126. The van der Waals surface area contributed by atoms with E-state index in [2.05, 4.69) is 13.5 Å². The van der Waals surface area contributed by atoms with Gasteiger partial charge in [0.1, 0.15) is 0 Å². The van der Waals surface area contributed by atoms with Crippen molar-refractivity contribution < 1.29 is 5.11 Å². The molecule has 1 heteroatoms. The fourth-order valence-electron chi connectivity index (χ4n) is 0.693. The molecule has 1 nitrogen and oxygen atoms in total. The molecule has 0 saturated heterocycles. The van der Waals surface area contributed by atoms with Crippen molar-refractivity contribution >= 4 is 0 Å². The highest BCUT2D eigenvalue weighted by atomic mass is 16.2. The zero-order valence-corrected chi connectivity index (χ0v) is 5.93. The van der Waals surface area contributed by atoms with Crippen LogP contribution >= 0.6 is 0 Å². The van der Waals surface area contributed by atoms with Gasteiger partial charge in [-0.2, -0.15) is 0 Å². The maximum Gasteiger partial charge on any atom is 0.0618 e. The molecule has 0 fully saturated rings. The molecule has 0 atom stereocenters. The Morgan fingerprint density at radius 1 is 1.67 bits per heavy atom. The Morgan fingerprint density at radius 3 is 2.67 bits per heavy atom. The van der Waals surface area contributed by atoms with Crippen LogP contribution in [0.4, 0.5) is 0 Å². The molecule has 0 aliphatic rings. The second kappa shape index (κ2) is 5.57. The normalized spacial score (nSPS) is 11.6. The van der Waals surface area contributed by atoms with E-state index in [0.29, 0.717) is 0 Å². The molecule has 0 heterocycles. The van der Waals surface area contributed by atoms with Crippen LogP contribution in [0.3, 0.4) is 0 Å². The smallest absolute Gasteiger partial charge is 0.0618 e. The molecular weight excluding hydrogens is 112 g/mol. The Balaban J connectivity index is 3.66. The van der Waals surface area contributed by atoms with Gasteiger partial charge in [0.15, 0.2) is 0 Å². The van der Waals surface area contributed by atoms with Crippen LogP contribution in [-0.4, -0.2) is 11.7 Å². The minimum atomic E-state index is 0.126. The summed E-state index contributed by atoms with van der Waals surface area (Å²) in [5.74, 6) is 0. The molecule has 0 unspecified atom stereocenters. The number of hydrogen-bond donors (Lipinski definition) is 1. The lowest BCUT2D eigenvalue weighted by Crippen LogP contribution is -1.80. The Hall–Kier alpha value is -0.560. The van der Waals surface area contributed by atoms with E-state index in [1.54, 1.807) is 12.2 Å². The van der Waals surface area contributed by atoms with Gasteiger partial charge >= 0.3 is 0 Å². The van der Waals surface area contributed by atoms with Crippen molar-refractivity contribution in [1.29, 1.82) is 0 Å². The van der Waals surface area contributed by atoms with Gasteiger partial charge in [-0.05, 0) is 6.42 Å². The van der Waals surface area contributed by atoms with E-state index in [1.807, 2.05) is 0 Å². The first-order chi connectivity index (χ1) is 4.35. The fraction of sp³-hybridized carbons (Fsp3) is 0.500. The van der Waals surface area contributed by atoms with Crippen LogP contribution in [0.1, 0.15) is 19.8 Å². The van der Waals surface area contributed by atoms with E-state index >= 15 is 0 Å². The van der Waals surface area contributed by atoms with Gasteiger partial charge < -0.3 is 5.11 Å². The molecule has 0 aromatic carbocycles. The second-order valence-corrected chi connectivity index (χ2v) is 1.92. The maximum absolute atomic E-state index is 8.47. The maximum atomic E-state index is 8.47. The van der Waals surface area contributed by atoms with Crippen LogP contribution in [0.5, 0.6) is 0 Å². The van der Waals surface area contributed by atoms with Crippen LogP contribution in [0.2, 0.25) is 0 Å². The average molecular weight is 126 g/mol. The topological polar surface area (TPSA) is 20.2 Å². The molecule has 0 spiro atoms. The average Bonchev–Trinajstić information content (AvgIpc) is 1.88. The monoisotopic (exact) mass is 126 g/mol. The SMILES string of the molecule is C=CC(=CCO)CCC. The summed E-state index contributed by atoms with van der Waals surface area (Å²) in [6, 6.07) is 0. The van der Waals surface area contributed by atoms with Crippen molar-refractivity contribution in [2.45, 2.75) is 19.8 Å². The van der Waals surface area contributed by atoms with E-state index in [9.17, 15) is 0 Å². The highest BCUT2D eigenvalue weighted by Gasteiger charge is 1.85. The quantitative estimate of drug-likeness (QED) is 0.570. The Kier molecular flexibility index (Phi) is 5.23. The van der Waals surface area contributed by atoms with Gasteiger partial charge in [-0.25, -0.2) is 0 Å². The van der Waals surface area contributed by atoms with Crippen molar-refractivity contribution in [1.82, 2.24) is 0 Å². The van der Waals surface area contributed by atoms with E-state index in [1.165, 1.54) is 0 Å². The van der Waals surface area contributed by atoms with Gasteiger partial charge in [0.25, 0.3) is 0 Å². The predicted molar refractivity (Wildman–Crippen MR) is 40.3 cm³/mol. The Morgan fingerprint density at radius 2 is 2.33 bits per heavy atom. The highest BCUT2D eigenvalue weighted by molar-refractivity contribution is 5.15. The van der Waals surface area contributed by atoms with E-state index in [4.69, 9.17) is 5.11 Å². The predicted octanol–water partition coefficient (Wildman–Crippen LogP) is 1.89. The van der Waals surface area contributed by atoms with Crippen LogP contribution in [-0.2, 0) is 0 Å². The van der Waals surface area contributed by atoms with Crippen LogP contribution < -0.4 is 0 Å². The molecule has 0 amide bonds. The lowest BCUT2D eigenvalue weighted by Gasteiger charge is -1.95. The number of aliphatic hydroxyl groups excluding tert-OH is 1. The molecule has 9 heavy (non-hydrogen) atoms. The third-order valence-electron chi connectivity index (χ3n) is 1.15. The molecule has 0 bridgehead atoms. The van der Waals surface area contributed by atoms with Gasteiger partial charge in [0.2, 0.25) is 0 Å². The first-order valence-electron chi connectivity index (χ1n) is 3.27. The molecule has 0 aliphatic carbocycles. The van der Waals surface area contributed by atoms with Crippen LogP contribution in [0.15, 0.2) is 24.3 Å². The highest BCUT2D eigenvalue weighted by Crippen LogP contribution is 2.03. The Bertz CT molecular complexity index is 103. The van der Waals surface area contributed by atoms with Gasteiger partial charge in [0, 0.05) is 0 Å². The van der Waals surface area contributed by atoms with Crippen molar-refractivity contribution in [3.63, 3.8) is 0 Å². The molecule has 0 radical (unpaired) electrons. The third kappa shape index (κ3) is 3.98. The molecule has 0 saturated carbocycles. The minimum Gasteiger partial charge on any atom is -0.392 e. The number of allylic oxidation sites excluding steroid dienone is 2. The lowest BCUT2D eigenvalue weighted by molar-refractivity contribution is 0.341. The standard InChI is InChI=1S/C8H14O/c1-3-5-8(4-2)6-7-9/h4,6,9H,2-3,5,7H2,1H3. The number of rotatable bonds is 4. The summed E-state index contributed by atoms with van der Waals surface area (Å²) in [6.07, 6.45) is 5.71. The van der Waals surface area contributed by atoms with Crippen LogP contribution in [0, 0.1) is 0 Å². The third-order valence-corrected chi connectivity index (χ3v) is 1.15. The molecular formula is C8H14O. The molecule has 52 valence electrons. The van der Waals surface area contributed by atoms with Gasteiger partial charge in [-0.3, -0.25) is 0 Å². The fourth-order valence-corrected chi connectivity index (χ4v) is 0.693. The van der Waals surface area contributed by atoms with Gasteiger partial charge in [-0.15, -0.1) is 0 Å². The summed E-state index contributed by atoms with van der Waals surface area (Å²) in [5.41, 5.74) is 1.14. The van der Waals surface area contributed by atoms with Gasteiger partial charge in [-0.1, -0.05) is 37.6 Å². The molecule has 0 rings (SSSR count). The molecule has 0 aromatic heterocycles. The largest absolute Gasteiger partial charge is 0.392 e. The summed E-state index contributed by atoms with van der Waals surface area (Å²) in [5, 5.41) is 8.47. The second-order valence-electron chi connectivity index (χ2n) is 1.92. The van der Waals surface area contributed by atoms with Crippen molar-refractivity contribution in [3.05, 3.63) is 24.3 Å². The zero-order chi connectivity index (χ0) is 7.11. The van der Waals surface area contributed by atoms with Crippen molar-refractivity contribution in [2.24, 2.45) is 0 Å². The first-order valence-corrected chi connectivity index (χ1v) is 3.27. The lowest BCUT2D eigenvalue weighted by atomic mass is 10.1. The summed E-state index contributed by atoms with van der Waals surface area (Å²) >= 11 is 0. The Labute approximate surface area is 56.7 Å². The van der Waals surface area contributed by atoms with E-state index < -0.39 is 0 Å². The number of aliphatic hydroxyl groups is 1. The molecule has 0 aliphatic heterocycles. The summed E-state index contributed by atoms with van der Waals surface area (Å²) in [6.45, 7) is 5.85.